The highest BCUT2D eigenvalue weighted by atomic mass is 19.1. The molecule has 0 aliphatic heterocycles. The molecule has 0 aliphatic rings. The molecule has 2 aromatic rings. The summed E-state index contributed by atoms with van der Waals surface area (Å²) in [5, 5.41) is 5.43. The standard InChI is InChI=1S/C18H21FN2O2/c1-14-6-2-3-9-17(14)23-11-5-10-20-18(22)21-13-15-7-4-8-16(19)12-15/h2-4,6-9,12H,5,10-11,13H2,1H3,(H2,20,21,22). The van der Waals surface area contributed by atoms with Crippen LogP contribution in [0.25, 0.3) is 0 Å². The van der Waals surface area contributed by atoms with Crippen molar-refractivity contribution in [3.8, 4) is 5.75 Å². The number of aryl methyl sites for hydroxylation is 1. The Morgan fingerprint density at radius 2 is 1.96 bits per heavy atom. The zero-order valence-corrected chi connectivity index (χ0v) is 13.1. The molecule has 0 saturated heterocycles. The van der Waals surface area contributed by atoms with E-state index in [1.807, 2.05) is 31.2 Å². The number of benzene rings is 2. The van der Waals surface area contributed by atoms with E-state index in [-0.39, 0.29) is 11.8 Å². The smallest absolute Gasteiger partial charge is 0.315 e. The summed E-state index contributed by atoms with van der Waals surface area (Å²) in [4.78, 5) is 11.6. The van der Waals surface area contributed by atoms with Gasteiger partial charge in [0.2, 0.25) is 0 Å². The van der Waals surface area contributed by atoms with Gasteiger partial charge in [-0.1, -0.05) is 30.3 Å². The number of amides is 2. The van der Waals surface area contributed by atoms with Crippen molar-refractivity contribution in [1.82, 2.24) is 10.6 Å². The molecule has 0 bridgehead atoms. The lowest BCUT2D eigenvalue weighted by Gasteiger charge is -2.10. The van der Waals surface area contributed by atoms with E-state index in [0.717, 1.165) is 16.9 Å². The van der Waals surface area contributed by atoms with Crippen LogP contribution in [0.15, 0.2) is 48.5 Å². The van der Waals surface area contributed by atoms with Gasteiger partial charge in [0.05, 0.1) is 6.61 Å². The van der Waals surface area contributed by atoms with Crippen molar-refractivity contribution < 1.29 is 13.9 Å². The molecular formula is C18H21FN2O2. The van der Waals surface area contributed by atoms with Crippen LogP contribution in [0.1, 0.15) is 17.5 Å². The highest BCUT2D eigenvalue weighted by Crippen LogP contribution is 2.15. The van der Waals surface area contributed by atoms with Gasteiger partial charge in [0.15, 0.2) is 0 Å². The van der Waals surface area contributed by atoms with Crippen LogP contribution >= 0.6 is 0 Å². The van der Waals surface area contributed by atoms with Gasteiger partial charge in [-0.15, -0.1) is 0 Å². The molecule has 0 heterocycles. The van der Waals surface area contributed by atoms with Crippen LogP contribution in [0, 0.1) is 12.7 Å². The Morgan fingerprint density at radius 3 is 2.74 bits per heavy atom. The molecule has 2 N–H and O–H groups in total. The first-order chi connectivity index (χ1) is 11.1. The molecule has 0 aliphatic carbocycles. The van der Waals surface area contributed by atoms with Gasteiger partial charge >= 0.3 is 6.03 Å². The second-order valence-corrected chi connectivity index (χ2v) is 5.21. The minimum Gasteiger partial charge on any atom is -0.493 e. The zero-order chi connectivity index (χ0) is 16.5. The lowest BCUT2D eigenvalue weighted by molar-refractivity contribution is 0.238. The zero-order valence-electron chi connectivity index (χ0n) is 13.1. The summed E-state index contributed by atoms with van der Waals surface area (Å²) in [7, 11) is 0. The van der Waals surface area contributed by atoms with Gasteiger partial charge in [0, 0.05) is 13.1 Å². The molecule has 0 fully saturated rings. The minimum atomic E-state index is -0.307. The Hall–Kier alpha value is -2.56. The maximum absolute atomic E-state index is 13.0. The molecule has 0 radical (unpaired) electrons. The number of halogens is 1. The Labute approximate surface area is 135 Å². The Balaban J connectivity index is 1.59. The molecule has 23 heavy (non-hydrogen) atoms. The van der Waals surface area contributed by atoms with Gasteiger partial charge in [-0.25, -0.2) is 9.18 Å². The molecule has 0 spiro atoms. The second kappa shape index (κ2) is 8.78. The molecule has 2 rings (SSSR count). The third-order valence-electron chi connectivity index (χ3n) is 3.30. The topological polar surface area (TPSA) is 50.4 Å². The lowest BCUT2D eigenvalue weighted by atomic mass is 10.2. The first-order valence-corrected chi connectivity index (χ1v) is 7.60. The number of carbonyl (C=O) groups excluding carboxylic acids is 1. The fourth-order valence-electron chi connectivity index (χ4n) is 2.07. The van der Waals surface area contributed by atoms with Crippen molar-refractivity contribution in [3.63, 3.8) is 0 Å². The molecule has 0 aromatic heterocycles. The summed E-state index contributed by atoms with van der Waals surface area (Å²) in [6, 6.07) is 13.7. The molecule has 0 atom stereocenters. The Morgan fingerprint density at radius 1 is 1.13 bits per heavy atom. The maximum atomic E-state index is 13.0. The highest BCUT2D eigenvalue weighted by Gasteiger charge is 2.01. The first kappa shape index (κ1) is 16.8. The monoisotopic (exact) mass is 316 g/mol. The SMILES string of the molecule is Cc1ccccc1OCCCNC(=O)NCc1cccc(F)c1. The van der Waals surface area contributed by atoms with Crippen molar-refractivity contribution >= 4 is 6.03 Å². The number of hydrogen-bond acceptors (Lipinski definition) is 2. The van der Waals surface area contributed by atoms with Crippen LogP contribution in [-0.4, -0.2) is 19.2 Å². The summed E-state index contributed by atoms with van der Waals surface area (Å²) in [6.45, 7) is 3.34. The minimum absolute atomic E-state index is 0.273. The van der Waals surface area contributed by atoms with E-state index in [1.165, 1.54) is 12.1 Å². The predicted octanol–water partition coefficient (Wildman–Crippen LogP) is 3.40. The van der Waals surface area contributed by atoms with Crippen LogP contribution < -0.4 is 15.4 Å². The summed E-state index contributed by atoms with van der Waals surface area (Å²) >= 11 is 0. The van der Waals surface area contributed by atoms with Gasteiger partial charge in [-0.05, 0) is 42.7 Å². The van der Waals surface area contributed by atoms with Crippen LogP contribution in [0.5, 0.6) is 5.75 Å². The van der Waals surface area contributed by atoms with Gasteiger partial charge in [0.25, 0.3) is 0 Å². The summed E-state index contributed by atoms with van der Waals surface area (Å²) in [5.74, 6) is 0.557. The van der Waals surface area contributed by atoms with Gasteiger partial charge in [-0.3, -0.25) is 0 Å². The normalized spacial score (nSPS) is 10.2. The molecule has 2 amide bonds. The van der Waals surface area contributed by atoms with Gasteiger partial charge < -0.3 is 15.4 Å². The summed E-state index contributed by atoms with van der Waals surface area (Å²) < 4.78 is 18.7. The third-order valence-corrected chi connectivity index (χ3v) is 3.30. The first-order valence-electron chi connectivity index (χ1n) is 7.60. The van der Waals surface area contributed by atoms with Crippen molar-refractivity contribution in [2.24, 2.45) is 0 Å². The van der Waals surface area contributed by atoms with Crippen molar-refractivity contribution in [3.05, 3.63) is 65.5 Å². The molecular weight excluding hydrogens is 295 g/mol. The number of rotatable bonds is 7. The highest BCUT2D eigenvalue weighted by molar-refractivity contribution is 5.73. The van der Waals surface area contributed by atoms with E-state index < -0.39 is 0 Å². The number of para-hydroxylation sites is 1. The predicted molar refractivity (Wildman–Crippen MR) is 87.9 cm³/mol. The average molecular weight is 316 g/mol. The van der Waals surface area contributed by atoms with Crippen LogP contribution in [0.2, 0.25) is 0 Å². The van der Waals surface area contributed by atoms with Crippen molar-refractivity contribution in [2.45, 2.75) is 19.9 Å². The van der Waals surface area contributed by atoms with E-state index in [1.54, 1.807) is 12.1 Å². The molecule has 0 unspecified atom stereocenters. The van der Waals surface area contributed by atoms with Crippen LogP contribution in [0.4, 0.5) is 9.18 Å². The summed E-state index contributed by atoms with van der Waals surface area (Å²) in [6.07, 6.45) is 0.710. The van der Waals surface area contributed by atoms with Crippen LogP contribution in [-0.2, 0) is 6.54 Å². The number of ether oxygens (including phenoxy) is 1. The molecule has 4 nitrogen and oxygen atoms in total. The maximum Gasteiger partial charge on any atom is 0.315 e. The van der Waals surface area contributed by atoms with E-state index in [4.69, 9.17) is 4.74 Å². The Kier molecular flexibility index (Phi) is 6.41. The van der Waals surface area contributed by atoms with Gasteiger partial charge in [-0.2, -0.15) is 0 Å². The molecule has 0 saturated carbocycles. The lowest BCUT2D eigenvalue weighted by Crippen LogP contribution is -2.36. The second-order valence-electron chi connectivity index (χ2n) is 5.21. The Bertz CT molecular complexity index is 646. The molecule has 2 aromatic carbocycles. The van der Waals surface area contributed by atoms with Crippen molar-refractivity contribution in [2.75, 3.05) is 13.2 Å². The van der Waals surface area contributed by atoms with Gasteiger partial charge in [0.1, 0.15) is 11.6 Å². The molecule has 122 valence electrons. The largest absolute Gasteiger partial charge is 0.493 e. The average Bonchev–Trinajstić information content (AvgIpc) is 2.54. The fraction of sp³-hybridized carbons (Fsp3) is 0.278. The van der Waals surface area contributed by atoms with E-state index in [0.29, 0.717) is 26.1 Å². The van der Waals surface area contributed by atoms with Crippen molar-refractivity contribution in [1.29, 1.82) is 0 Å². The summed E-state index contributed by atoms with van der Waals surface area (Å²) in [5.41, 5.74) is 1.82. The quantitative estimate of drug-likeness (QED) is 0.769. The number of carbonyl (C=O) groups is 1. The van der Waals surface area contributed by atoms with E-state index >= 15 is 0 Å². The molecule has 5 heteroatoms. The van der Waals surface area contributed by atoms with E-state index in [2.05, 4.69) is 10.6 Å². The number of hydrogen-bond donors (Lipinski definition) is 2. The number of nitrogens with one attached hydrogen (secondary N) is 2. The number of urea groups is 1. The fourth-order valence-corrected chi connectivity index (χ4v) is 2.07. The van der Waals surface area contributed by atoms with E-state index in [9.17, 15) is 9.18 Å². The van der Waals surface area contributed by atoms with Crippen LogP contribution in [0.3, 0.4) is 0 Å². The third kappa shape index (κ3) is 5.98.